The molecule has 1 heterocycles. The van der Waals surface area contributed by atoms with Crippen molar-refractivity contribution in [1.82, 2.24) is 4.98 Å². The van der Waals surface area contributed by atoms with Crippen molar-refractivity contribution >= 4 is 11.6 Å². The van der Waals surface area contributed by atoms with Crippen LogP contribution in [0.15, 0.2) is 28.7 Å². The number of carbonyl (C=O) groups excluding carboxylic acids is 1. The van der Waals surface area contributed by atoms with Crippen molar-refractivity contribution in [2.75, 3.05) is 5.32 Å². The van der Waals surface area contributed by atoms with Crippen molar-refractivity contribution in [3.63, 3.8) is 0 Å². The second-order valence-corrected chi connectivity index (χ2v) is 6.34. The summed E-state index contributed by atoms with van der Waals surface area (Å²) in [5.41, 5.74) is 1.10. The number of halogens is 1. The molecule has 2 aromatic rings. The van der Waals surface area contributed by atoms with Gasteiger partial charge in [-0.1, -0.05) is 26.8 Å². The second-order valence-electron chi connectivity index (χ2n) is 6.34. The van der Waals surface area contributed by atoms with Crippen LogP contribution in [0.25, 0.3) is 0 Å². The number of hydrogen-bond donors (Lipinski definition) is 1. The number of aromatic nitrogens is 1. The molecule has 0 aliphatic heterocycles. The zero-order valence-electron chi connectivity index (χ0n) is 13.4. The van der Waals surface area contributed by atoms with Gasteiger partial charge in [-0.05, 0) is 25.1 Å². The molecule has 0 atom stereocenters. The van der Waals surface area contributed by atoms with E-state index in [4.69, 9.17) is 4.42 Å². The Morgan fingerprint density at radius 1 is 1.36 bits per heavy atom. The molecule has 1 aromatic carbocycles. The molecule has 1 aromatic heterocycles. The Balaban J connectivity index is 1.95. The van der Waals surface area contributed by atoms with E-state index >= 15 is 0 Å². The Labute approximate surface area is 129 Å². The summed E-state index contributed by atoms with van der Waals surface area (Å²) in [6.45, 7) is 7.95. The summed E-state index contributed by atoms with van der Waals surface area (Å²) in [4.78, 5) is 16.3. The average molecular weight is 304 g/mol. The van der Waals surface area contributed by atoms with Crippen LogP contribution in [0, 0.1) is 12.7 Å². The number of amides is 1. The molecule has 1 N–H and O–H groups in total. The van der Waals surface area contributed by atoms with Crippen molar-refractivity contribution in [3.8, 4) is 0 Å². The minimum absolute atomic E-state index is 0.160. The Bertz CT molecular complexity index is 672. The molecule has 0 radical (unpaired) electrons. The maximum Gasteiger partial charge on any atom is 0.224 e. The smallest absolute Gasteiger partial charge is 0.224 e. The number of oxazole rings is 1. The topological polar surface area (TPSA) is 55.1 Å². The maximum absolute atomic E-state index is 13.1. The molecule has 0 saturated carbocycles. The lowest BCUT2D eigenvalue weighted by atomic mass is 9.97. The van der Waals surface area contributed by atoms with Gasteiger partial charge in [0, 0.05) is 23.9 Å². The van der Waals surface area contributed by atoms with Crippen molar-refractivity contribution in [1.29, 1.82) is 0 Å². The molecule has 0 unspecified atom stereocenters. The Morgan fingerprint density at radius 2 is 2.09 bits per heavy atom. The molecule has 118 valence electrons. The molecule has 2 rings (SSSR count). The maximum atomic E-state index is 13.1. The predicted octanol–water partition coefficient (Wildman–Crippen LogP) is 3.99. The minimum Gasteiger partial charge on any atom is -0.445 e. The molecule has 0 bridgehead atoms. The van der Waals surface area contributed by atoms with Gasteiger partial charge in [0.2, 0.25) is 5.91 Å². The molecule has 0 aliphatic rings. The largest absolute Gasteiger partial charge is 0.445 e. The molecule has 22 heavy (non-hydrogen) atoms. The highest BCUT2D eigenvalue weighted by Gasteiger charge is 2.22. The lowest BCUT2D eigenvalue weighted by molar-refractivity contribution is -0.116. The summed E-state index contributed by atoms with van der Waals surface area (Å²) in [5.74, 6) is 0.835. The number of nitrogens with zero attached hydrogens (tertiary/aromatic N) is 1. The summed E-state index contributed by atoms with van der Waals surface area (Å²) in [6, 6.07) is 5.83. The Kier molecular flexibility index (Phi) is 4.64. The van der Waals surface area contributed by atoms with Gasteiger partial charge in [0.05, 0.1) is 5.69 Å². The first-order chi connectivity index (χ1) is 10.3. The van der Waals surface area contributed by atoms with Crippen LogP contribution in [-0.2, 0) is 16.6 Å². The van der Waals surface area contributed by atoms with E-state index in [9.17, 15) is 9.18 Å². The van der Waals surface area contributed by atoms with Crippen molar-refractivity contribution in [2.45, 2.75) is 46.0 Å². The van der Waals surface area contributed by atoms with Crippen LogP contribution in [0.2, 0.25) is 0 Å². The second kappa shape index (κ2) is 6.30. The highest BCUT2D eigenvalue weighted by molar-refractivity contribution is 5.90. The van der Waals surface area contributed by atoms with Gasteiger partial charge in [-0.2, -0.15) is 0 Å². The quantitative estimate of drug-likeness (QED) is 0.929. The van der Waals surface area contributed by atoms with Gasteiger partial charge < -0.3 is 9.73 Å². The molecule has 4 nitrogen and oxygen atoms in total. The van der Waals surface area contributed by atoms with E-state index in [1.54, 1.807) is 12.1 Å². The van der Waals surface area contributed by atoms with E-state index in [1.807, 2.05) is 27.7 Å². The highest BCUT2D eigenvalue weighted by Crippen LogP contribution is 2.24. The third kappa shape index (κ3) is 4.16. The Morgan fingerprint density at radius 3 is 2.68 bits per heavy atom. The van der Waals surface area contributed by atoms with E-state index in [0.717, 1.165) is 11.5 Å². The molecule has 1 amide bonds. The van der Waals surface area contributed by atoms with Gasteiger partial charge >= 0.3 is 0 Å². The number of hydrogen-bond acceptors (Lipinski definition) is 3. The molecule has 0 fully saturated rings. The summed E-state index contributed by atoms with van der Waals surface area (Å²) >= 11 is 0. The monoisotopic (exact) mass is 304 g/mol. The highest BCUT2D eigenvalue weighted by atomic mass is 19.1. The summed E-state index contributed by atoms with van der Waals surface area (Å²) in [7, 11) is 0. The first-order valence-electron chi connectivity index (χ1n) is 7.28. The lowest BCUT2D eigenvalue weighted by Gasteiger charge is -2.12. The fourth-order valence-corrected chi connectivity index (χ4v) is 2.00. The normalized spacial score (nSPS) is 11.5. The van der Waals surface area contributed by atoms with Gasteiger partial charge in [0.15, 0.2) is 5.89 Å². The minimum atomic E-state index is -0.376. The molecule has 0 aliphatic carbocycles. The fourth-order valence-electron chi connectivity index (χ4n) is 2.00. The van der Waals surface area contributed by atoms with Crippen LogP contribution in [0.4, 0.5) is 10.1 Å². The van der Waals surface area contributed by atoms with E-state index in [0.29, 0.717) is 18.0 Å². The standard InChI is InChI=1S/C17H21FN2O2/c1-11-14(22-16(19-11)17(2,3)4)8-9-15(21)20-13-7-5-6-12(18)10-13/h5-7,10H,8-9H2,1-4H3,(H,20,21). The first kappa shape index (κ1) is 16.2. The number of benzene rings is 1. The van der Waals surface area contributed by atoms with Crippen LogP contribution >= 0.6 is 0 Å². The molecule has 5 heteroatoms. The zero-order valence-corrected chi connectivity index (χ0v) is 13.4. The number of aryl methyl sites for hydroxylation is 2. The SMILES string of the molecule is Cc1nc(C(C)(C)C)oc1CCC(=O)Nc1cccc(F)c1. The summed E-state index contributed by atoms with van der Waals surface area (Å²) in [5, 5.41) is 2.67. The lowest BCUT2D eigenvalue weighted by Crippen LogP contribution is -2.12. The van der Waals surface area contributed by atoms with Crippen LogP contribution in [0.5, 0.6) is 0 Å². The van der Waals surface area contributed by atoms with Gasteiger partial charge in [-0.15, -0.1) is 0 Å². The van der Waals surface area contributed by atoms with Gasteiger partial charge in [-0.3, -0.25) is 4.79 Å². The third-order valence-corrected chi connectivity index (χ3v) is 3.22. The number of anilines is 1. The van der Waals surface area contributed by atoms with Gasteiger partial charge in [0.1, 0.15) is 11.6 Å². The summed E-state index contributed by atoms with van der Waals surface area (Å²) < 4.78 is 18.8. The van der Waals surface area contributed by atoms with Crippen LogP contribution in [-0.4, -0.2) is 10.9 Å². The van der Waals surface area contributed by atoms with E-state index in [1.165, 1.54) is 12.1 Å². The molecule has 0 spiro atoms. The number of carbonyl (C=O) groups is 1. The van der Waals surface area contributed by atoms with Gasteiger partial charge in [-0.25, -0.2) is 9.37 Å². The third-order valence-electron chi connectivity index (χ3n) is 3.22. The van der Waals surface area contributed by atoms with Crippen LogP contribution < -0.4 is 5.32 Å². The van der Waals surface area contributed by atoms with Crippen molar-refractivity contribution in [2.24, 2.45) is 0 Å². The first-order valence-corrected chi connectivity index (χ1v) is 7.28. The van der Waals surface area contributed by atoms with Crippen molar-refractivity contribution in [3.05, 3.63) is 47.4 Å². The van der Waals surface area contributed by atoms with Gasteiger partial charge in [0.25, 0.3) is 0 Å². The average Bonchev–Trinajstić information content (AvgIpc) is 2.78. The predicted molar refractivity (Wildman–Crippen MR) is 83.3 cm³/mol. The number of rotatable bonds is 4. The van der Waals surface area contributed by atoms with E-state index in [2.05, 4.69) is 10.3 Å². The summed E-state index contributed by atoms with van der Waals surface area (Å²) in [6.07, 6.45) is 0.728. The molecular weight excluding hydrogens is 283 g/mol. The fraction of sp³-hybridized carbons (Fsp3) is 0.412. The van der Waals surface area contributed by atoms with Crippen LogP contribution in [0.1, 0.15) is 44.5 Å². The van der Waals surface area contributed by atoms with Crippen molar-refractivity contribution < 1.29 is 13.6 Å². The van der Waals surface area contributed by atoms with E-state index < -0.39 is 0 Å². The Hall–Kier alpha value is -2.17. The zero-order chi connectivity index (χ0) is 16.3. The number of nitrogens with one attached hydrogen (secondary N) is 1. The van der Waals surface area contributed by atoms with Crippen LogP contribution in [0.3, 0.4) is 0 Å². The molecular formula is C17H21FN2O2. The molecule has 0 saturated heterocycles. The van der Waals surface area contributed by atoms with E-state index in [-0.39, 0.29) is 23.6 Å².